The normalized spacial score (nSPS) is 15.6. The highest BCUT2D eigenvalue weighted by Gasteiger charge is 2.46. The van der Waals surface area contributed by atoms with E-state index in [4.69, 9.17) is 9.47 Å². The molecule has 1 N–H and O–H groups in total. The average Bonchev–Trinajstić information content (AvgIpc) is 3.02. The minimum Gasteiger partial charge on any atom is -0.497 e. The molecule has 0 radical (unpaired) electrons. The predicted octanol–water partition coefficient (Wildman–Crippen LogP) is 3.69. The molecule has 180 valence electrons. The molecule has 1 atom stereocenters. The molecule has 2 aromatic rings. The van der Waals surface area contributed by atoms with Gasteiger partial charge in [0.2, 0.25) is 5.91 Å². The summed E-state index contributed by atoms with van der Waals surface area (Å²) in [6, 6.07) is 11.6. The van der Waals surface area contributed by atoms with Crippen LogP contribution in [-0.4, -0.2) is 55.0 Å². The summed E-state index contributed by atoms with van der Waals surface area (Å²) in [5.41, 5.74) is 1.08. The zero-order valence-electron chi connectivity index (χ0n) is 19.7. The topological polar surface area (TPSA) is 105 Å². The number of amides is 4. The summed E-state index contributed by atoms with van der Waals surface area (Å²) in [5.74, 6) is -0.819. The highest BCUT2D eigenvalue weighted by molar-refractivity contribution is 6.22. The molecular weight excluding hydrogens is 438 g/mol. The molecule has 1 aliphatic rings. The summed E-state index contributed by atoms with van der Waals surface area (Å²) >= 11 is 0. The van der Waals surface area contributed by atoms with E-state index >= 15 is 0 Å². The SMILES string of the molecule is CCOC(=O)c1cccc(NC(=O)C[C@@H]2C(=O)N(c3cccc(OC)c3)C(=O)N2CC(C)C)c1. The van der Waals surface area contributed by atoms with Crippen LogP contribution in [0.5, 0.6) is 5.75 Å². The number of hydrogen-bond donors (Lipinski definition) is 1. The lowest BCUT2D eigenvalue weighted by Gasteiger charge is -2.23. The summed E-state index contributed by atoms with van der Waals surface area (Å²) in [4.78, 5) is 53.8. The number of anilines is 2. The van der Waals surface area contributed by atoms with Crippen LogP contribution in [0.4, 0.5) is 16.2 Å². The van der Waals surface area contributed by atoms with Gasteiger partial charge in [-0.1, -0.05) is 26.0 Å². The number of ether oxygens (including phenoxy) is 2. The number of carbonyl (C=O) groups is 4. The number of methoxy groups -OCH3 is 1. The average molecular weight is 468 g/mol. The highest BCUT2D eigenvalue weighted by atomic mass is 16.5. The highest BCUT2D eigenvalue weighted by Crippen LogP contribution is 2.30. The van der Waals surface area contributed by atoms with Crippen LogP contribution >= 0.6 is 0 Å². The summed E-state index contributed by atoms with van der Waals surface area (Å²) in [6.45, 7) is 6.14. The molecule has 9 nitrogen and oxygen atoms in total. The largest absolute Gasteiger partial charge is 0.497 e. The molecule has 1 aliphatic heterocycles. The molecule has 0 spiro atoms. The fourth-order valence-corrected chi connectivity index (χ4v) is 3.75. The Morgan fingerprint density at radius 1 is 1.09 bits per heavy atom. The molecule has 2 aromatic carbocycles. The molecule has 1 saturated heterocycles. The fraction of sp³-hybridized carbons (Fsp3) is 0.360. The first-order valence-electron chi connectivity index (χ1n) is 11.1. The van der Waals surface area contributed by atoms with Crippen LogP contribution < -0.4 is 15.0 Å². The van der Waals surface area contributed by atoms with E-state index in [0.29, 0.717) is 29.2 Å². The molecule has 1 fully saturated rings. The van der Waals surface area contributed by atoms with Crippen molar-refractivity contribution in [1.29, 1.82) is 0 Å². The van der Waals surface area contributed by atoms with Crippen molar-refractivity contribution < 1.29 is 28.7 Å². The molecular formula is C25H29N3O6. The first-order valence-corrected chi connectivity index (χ1v) is 11.1. The molecule has 0 aliphatic carbocycles. The van der Waals surface area contributed by atoms with Gasteiger partial charge < -0.3 is 19.7 Å². The molecule has 0 bridgehead atoms. The van der Waals surface area contributed by atoms with Gasteiger partial charge in [0.15, 0.2) is 0 Å². The van der Waals surface area contributed by atoms with Crippen molar-refractivity contribution in [3.63, 3.8) is 0 Å². The van der Waals surface area contributed by atoms with E-state index in [1.54, 1.807) is 49.4 Å². The quantitative estimate of drug-likeness (QED) is 0.445. The van der Waals surface area contributed by atoms with Gasteiger partial charge in [-0.15, -0.1) is 0 Å². The van der Waals surface area contributed by atoms with Gasteiger partial charge in [0.1, 0.15) is 11.8 Å². The van der Waals surface area contributed by atoms with Gasteiger partial charge in [0.25, 0.3) is 5.91 Å². The predicted molar refractivity (Wildman–Crippen MR) is 127 cm³/mol. The summed E-state index contributed by atoms with van der Waals surface area (Å²) < 4.78 is 10.2. The Hall–Kier alpha value is -3.88. The third-order valence-corrected chi connectivity index (χ3v) is 5.23. The number of rotatable bonds is 9. The Balaban J connectivity index is 1.80. The standard InChI is InChI=1S/C25H29N3O6/c1-5-34-24(31)17-8-6-9-18(12-17)26-22(29)14-21-23(30)28(25(32)27(21)15-16(2)3)19-10-7-11-20(13-19)33-4/h6-13,16,21H,5,14-15H2,1-4H3,(H,26,29)/t21-/m1/s1. The molecule has 0 aromatic heterocycles. The van der Waals surface area contributed by atoms with Gasteiger partial charge in [-0.25, -0.2) is 14.5 Å². The summed E-state index contributed by atoms with van der Waals surface area (Å²) in [5, 5.41) is 2.71. The van der Waals surface area contributed by atoms with Gasteiger partial charge in [-0.05, 0) is 43.2 Å². The van der Waals surface area contributed by atoms with E-state index in [2.05, 4.69) is 5.32 Å². The van der Waals surface area contributed by atoms with Crippen LogP contribution in [0.25, 0.3) is 0 Å². The number of hydrogen-bond acceptors (Lipinski definition) is 6. The van der Waals surface area contributed by atoms with Crippen molar-refractivity contribution in [3.05, 3.63) is 54.1 Å². The van der Waals surface area contributed by atoms with Crippen molar-refractivity contribution in [2.24, 2.45) is 5.92 Å². The van der Waals surface area contributed by atoms with E-state index in [1.165, 1.54) is 18.1 Å². The first kappa shape index (κ1) is 24.8. The number of carbonyl (C=O) groups excluding carboxylic acids is 4. The molecule has 4 amide bonds. The number of nitrogens with zero attached hydrogens (tertiary/aromatic N) is 2. The van der Waals surface area contributed by atoms with Crippen LogP contribution in [0, 0.1) is 5.92 Å². The maximum atomic E-state index is 13.3. The fourth-order valence-electron chi connectivity index (χ4n) is 3.75. The van der Waals surface area contributed by atoms with Gasteiger partial charge >= 0.3 is 12.0 Å². The molecule has 9 heteroatoms. The second-order valence-electron chi connectivity index (χ2n) is 8.27. The molecule has 3 rings (SSSR count). The van der Waals surface area contributed by atoms with Crippen molar-refractivity contribution >= 4 is 35.2 Å². The maximum Gasteiger partial charge on any atom is 0.338 e. The van der Waals surface area contributed by atoms with Gasteiger partial charge in [-0.3, -0.25) is 9.59 Å². The third-order valence-electron chi connectivity index (χ3n) is 5.23. The van der Waals surface area contributed by atoms with Crippen LogP contribution in [0.2, 0.25) is 0 Å². The molecule has 0 saturated carbocycles. The molecule has 34 heavy (non-hydrogen) atoms. The Bertz CT molecular complexity index is 1080. The van der Waals surface area contributed by atoms with E-state index in [1.807, 2.05) is 13.8 Å². The maximum absolute atomic E-state index is 13.3. The van der Waals surface area contributed by atoms with Gasteiger partial charge in [0.05, 0.1) is 31.4 Å². The minimum atomic E-state index is -0.950. The first-order chi connectivity index (χ1) is 16.2. The van der Waals surface area contributed by atoms with Gasteiger partial charge in [0, 0.05) is 18.3 Å². The number of imide groups is 1. The Morgan fingerprint density at radius 2 is 1.82 bits per heavy atom. The van der Waals surface area contributed by atoms with E-state index in [9.17, 15) is 19.2 Å². The zero-order valence-corrected chi connectivity index (χ0v) is 19.7. The Morgan fingerprint density at radius 3 is 2.50 bits per heavy atom. The number of nitrogens with one attached hydrogen (secondary N) is 1. The number of urea groups is 1. The summed E-state index contributed by atoms with van der Waals surface area (Å²) in [6.07, 6.45) is -0.221. The molecule has 1 heterocycles. The molecule has 0 unspecified atom stereocenters. The van der Waals surface area contributed by atoms with E-state index in [-0.39, 0.29) is 18.9 Å². The smallest absolute Gasteiger partial charge is 0.338 e. The minimum absolute atomic E-state index is 0.0915. The van der Waals surface area contributed by atoms with Crippen LogP contribution in [0.1, 0.15) is 37.6 Å². The van der Waals surface area contributed by atoms with Crippen molar-refractivity contribution in [2.75, 3.05) is 30.5 Å². The lowest BCUT2D eigenvalue weighted by Crippen LogP contribution is -2.40. The Kier molecular flexibility index (Phi) is 7.88. The van der Waals surface area contributed by atoms with E-state index in [0.717, 1.165) is 4.90 Å². The lowest BCUT2D eigenvalue weighted by atomic mass is 10.1. The van der Waals surface area contributed by atoms with Crippen LogP contribution in [-0.2, 0) is 14.3 Å². The van der Waals surface area contributed by atoms with Crippen molar-refractivity contribution in [3.8, 4) is 5.75 Å². The van der Waals surface area contributed by atoms with Gasteiger partial charge in [-0.2, -0.15) is 0 Å². The lowest BCUT2D eigenvalue weighted by molar-refractivity contribution is -0.124. The monoisotopic (exact) mass is 467 g/mol. The third kappa shape index (κ3) is 5.54. The Labute approximate surface area is 198 Å². The number of benzene rings is 2. The van der Waals surface area contributed by atoms with Crippen LogP contribution in [0.3, 0.4) is 0 Å². The van der Waals surface area contributed by atoms with Crippen molar-refractivity contribution in [1.82, 2.24) is 4.90 Å². The second kappa shape index (κ2) is 10.8. The van der Waals surface area contributed by atoms with E-state index < -0.39 is 29.9 Å². The van der Waals surface area contributed by atoms with Crippen molar-refractivity contribution in [2.45, 2.75) is 33.2 Å². The summed E-state index contributed by atoms with van der Waals surface area (Å²) in [7, 11) is 1.50. The van der Waals surface area contributed by atoms with Crippen LogP contribution in [0.15, 0.2) is 48.5 Å². The number of esters is 1. The second-order valence-corrected chi connectivity index (χ2v) is 8.27. The zero-order chi connectivity index (χ0) is 24.8.